The first kappa shape index (κ1) is 21.3. The highest BCUT2D eigenvalue weighted by Crippen LogP contribution is 2.36. The van der Waals surface area contributed by atoms with E-state index in [0.717, 1.165) is 0 Å². The lowest BCUT2D eigenvalue weighted by atomic mass is 10.2. The highest BCUT2D eigenvalue weighted by Gasteiger charge is 2.40. The van der Waals surface area contributed by atoms with Crippen LogP contribution in [-0.4, -0.2) is 24.3 Å². The number of carbonyl (C=O) groups is 3. The largest absolute Gasteiger partial charge is 0.494 e. The Morgan fingerprint density at radius 3 is 2.25 bits per heavy atom. The molecule has 7 nitrogen and oxygen atoms in total. The maximum absolute atomic E-state index is 13.4. The summed E-state index contributed by atoms with van der Waals surface area (Å²) in [5.74, 6) is -0.331. The number of ether oxygens (including phenoxy) is 1. The van der Waals surface area contributed by atoms with Crippen LogP contribution in [0.25, 0.3) is 5.57 Å². The fraction of sp³-hybridized carbons (Fsp3) is 0.125. The van der Waals surface area contributed by atoms with E-state index in [0.29, 0.717) is 39.9 Å². The molecule has 3 amide bonds. The monoisotopic (exact) mass is 447 g/mol. The molecule has 0 fully saturated rings. The number of benzene rings is 2. The van der Waals surface area contributed by atoms with Crippen molar-refractivity contribution < 1.29 is 19.1 Å². The zero-order valence-corrected chi connectivity index (χ0v) is 18.4. The van der Waals surface area contributed by atoms with E-state index in [-0.39, 0.29) is 17.5 Å². The molecule has 1 aliphatic rings. The number of hydrogen-bond donors (Lipinski definition) is 2. The van der Waals surface area contributed by atoms with Crippen LogP contribution in [0.1, 0.15) is 18.7 Å². The van der Waals surface area contributed by atoms with Crippen LogP contribution in [0.4, 0.5) is 17.1 Å². The van der Waals surface area contributed by atoms with Crippen LogP contribution in [0.3, 0.4) is 0 Å². The van der Waals surface area contributed by atoms with E-state index in [2.05, 4.69) is 10.6 Å². The third kappa shape index (κ3) is 4.26. The van der Waals surface area contributed by atoms with E-state index in [1.165, 1.54) is 23.2 Å². The van der Waals surface area contributed by atoms with E-state index in [9.17, 15) is 14.4 Å². The lowest BCUT2D eigenvalue weighted by Gasteiger charge is -2.16. The number of thiophene rings is 1. The molecular weight excluding hydrogens is 426 g/mol. The number of nitrogens with zero attached hydrogens (tertiary/aromatic N) is 1. The first-order valence-electron chi connectivity index (χ1n) is 10.0. The molecule has 32 heavy (non-hydrogen) atoms. The average Bonchev–Trinajstić information content (AvgIpc) is 3.37. The van der Waals surface area contributed by atoms with Crippen molar-refractivity contribution in [2.75, 3.05) is 22.1 Å². The van der Waals surface area contributed by atoms with Crippen LogP contribution in [0.2, 0.25) is 0 Å². The first-order valence-corrected chi connectivity index (χ1v) is 10.9. The molecular formula is C24H21N3O4S. The Morgan fingerprint density at radius 2 is 1.66 bits per heavy atom. The van der Waals surface area contributed by atoms with Crippen molar-refractivity contribution in [3.63, 3.8) is 0 Å². The molecule has 0 spiro atoms. The zero-order chi connectivity index (χ0) is 22.7. The van der Waals surface area contributed by atoms with Crippen LogP contribution >= 0.6 is 11.3 Å². The van der Waals surface area contributed by atoms with E-state index in [4.69, 9.17) is 4.74 Å². The molecule has 1 aliphatic heterocycles. The normalized spacial score (nSPS) is 13.5. The van der Waals surface area contributed by atoms with Crippen LogP contribution in [0, 0.1) is 0 Å². The van der Waals surface area contributed by atoms with Crippen molar-refractivity contribution in [2.45, 2.75) is 13.8 Å². The Balaban J connectivity index is 1.67. The van der Waals surface area contributed by atoms with Gasteiger partial charge in [-0.2, -0.15) is 0 Å². The highest BCUT2D eigenvalue weighted by molar-refractivity contribution is 7.11. The molecule has 3 aromatic rings. The number of hydrogen-bond acceptors (Lipinski definition) is 6. The van der Waals surface area contributed by atoms with Crippen molar-refractivity contribution in [2.24, 2.45) is 0 Å². The Morgan fingerprint density at radius 1 is 0.969 bits per heavy atom. The predicted octanol–water partition coefficient (Wildman–Crippen LogP) is 4.50. The van der Waals surface area contributed by atoms with Crippen molar-refractivity contribution in [3.8, 4) is 5.75 Å². The standard InChI is InChI=1S/C24H21N3O4S/c1-3-31-19-12-10-18(11-13-19)27-23(29)21(20-5-4-14-32-20)22(24(27)30)26-17-8-6-16(7-9-17)25-15(2)28/h4-14,26H,3H2,1-2H3,(H,25,28). The third-order valence-corrected chi connectivity index (χ3v) is 5.62. The Hall–Kier alpha value is -3.91. The van der Waals surface area contributed by atoms with Gasteiger partial charge >= 0.3 is 0 Å². The maximum atomic E-state index is 13.4. The van der Waals surface area contributed by atoms with Gasteiger partial charge in [0.1, 0.15) is 11.4 Å². The fourth-order valence-corrected chi connectivity index (χ4v) is 4.14. The van der Waals surface area contributed by atoms with Gasteiger partial charge in [-0.15, -0.1) is 11.3 Å². The van der Waals surface area contributed by atoms with Gasteiger partial charge in [-0.3, -0.25) is 14.4 Å². The fourth-order valence-electron chi connectivity index (χ4n) is 3.37. The van der Waals surface area contributed by atoms with Gasteiger partial charge in [0, 0.05) is 23.2 Å². The van der Waals surface area contributed by atoms with Crippen LogP contribution in [0.15, 0.2) is 71.7 Å². The molecule has 0 saturated carbocycles. The summed E-state index contributed by atoms with van der Waals surface area (Å²) in [7, 11) is 0. The Bertz CT molecular complexity index is 1180. The molecule has 0 bridgehead atoms. The maximum Gasteiger partial charge on any atom is 0.282 e. The molecule has 0 aliphatic carbocycles. The van der Waals surface area contributed by atoms with Gasteiger partial charge in [0.15, 0.2) is 0 Å². The van der Waals surface area contributed by atoms with Gasteiger partial charge in [0.2, 0.25) is 5.91 Å². The number of imide groups is 1. The molecule has 0 atom stereocenters. The number of amides is 3. The summed E-state index contributed by atoms with van der Waals surface area (Å²) < 4.78 is 5.46. The first-order chi connectivity index (χ1) is 15.5. The van der Waals surface area contributed by atoms with Gasteiger partial charge in [0.05, 0.1) is 17.9 Å². The number of carbonyl (C=O) groups excluding carboxylic acids is 3. The molecule has 2 aromatic carbocycles. The SMILES string of the molecule is CCOc1ccc(N2C(=O)C(Nc3ccc(NC(C)=O)cc3)=C(c3cccs3)C2=O)cc1. The number of anilines is 3. The molecule has 8 heteroatoms. The Labute approximate surface area is 189 Å². The van der Waals surface area contributed by atoms with Gasteiger partial charge in [-0.1, -0.05) is 6.07 Å². The minimum absolute atomic E-state index is 0.170. The molecule has 0 unspecified atom stereocenters. The quantitative estimate of drug-likeness (QED) is 0.521. The summed E-state index contributed by atoms with van der Waals surface area (Å²) in [4.78, 5) is 39.8. The van der Waals surface area contributed by atoms with Gasteiger partial charge in [-0.05, 0) is 66.9 Å². The minimum atomic E-state index is -0.437. The summed E-state index contributed by atoms with van der Waals surface area (Å²) in [6.07, 6.45) is 0. The summed E-state index contributed by atoms with van der Waals surface area (Å²) in [5.41, 5.74) is 2.26. The predicted molar refractivity (Wildman–Crippen MR) is 126 cm³/mol. The van der Waals surface area contributed by atoms with Gasteiger partial charge < -0.3 is 15.4 Å². The smallest absolute Gasteiger partial charge is 0.282 e. The second-order valence-electron chi connectivity index (χ2n) is 6.98. The van der Waals surface area contributed by atoms with Gasteiger partial charge in [-0.25, -0.2) is 4.90 Å². The van der Waals surface area contributed by atoms with Crippen molar-refractivity contribution >= 4 is 51.7 Å². The summed E-state index contributed by atoms with van der Waals surface area (Å²) in [6, 6.07) is 17.4. The third-order valence-electron chi connectivity index (χ3n) is 4.73. The molecule has 4 rings (SSSR count). The van der Waals surface area contributed by atoms with Crippen molar-refractivity contribution in [1.29, 1.82) is 0 Å². The van der Waals surface area contributed by atoms with E-state index in [1.807, 2.05) is 24.4 Å². The highest BCUT2D eigenvalue weighted by atomic mass is 32.1. The topological polar surface area (TPSA) is 87.7 Å². The van der Waals surface area contributed by atoms with Crippen molar-refractivity contribution in [3.05, 3.63) is 76.6 Å². The minimum Gasteiger partial charge on any atom is -0.494 e. The molecule has 0 radical (unpaired) electrons. The molecule has 2 N–H and O–H groups in total. The van der Waals surface area contributed by atoms with Crippen LogP contribution in [0.5, 0.6) is 5.75 Å². The lowest BCUT2D eigenvalue weighted by molar-refractivity contribution is -0.120. The summed E-state index contributed by atoms with van der Waals surface area (Å²) >= 11 is 1.39. The van der Waals surface area contributed by atoms with E-state index < -0.39 is 5.91 Å². The Kier molecular flexibility index (Phi) is 6.04. The number of nitrogens with one attached hydrogen (secondary N) is 2. The average molecular weight is 448 g/mol. The second kappa shape index (κ2) is 9.07. The summed E-state index contributed by atoms with van der Waals surface area (Å²) in [6.45, 7) is 3.85. The van der Waals surface area contributed by atoms with E-state index >= 15 is 0 Å². The van der Waals surface area contributed by atoms with Crippen LogP contribution < -0.4 is 20.3 Å². The molecule has 0 saturated heterocycles. The summed E-state index contributed by atoms with van der Waals surface area (Å²) in [5, 5.41) is 7.67. The van der Waals surface area contributed by atoms with Gasteiger partial charge in [0.25, 0.3) is 11.8 Å². The zero-order valence-electron chi connectivity index (χ0n) is 17.5. The second-order valence-corrected chi connectivity index (χ2v) is 7.93. The van der Waals surface area contributed by atoms with E-state index in [1.54, 1.807) is 48.5 Å². The molecule has 2 heterocycles. The van der Waals surface area contributed by atoms with Crippen LogP contribution in [-0.2, 0) is 14.4 Å². The number of rotatable bonds is 7. The molecule has 162 valence electrons. The lowest BCUT2D eigenvalue weighted by Crippen LogP contribution is -2.32. The van der Waals surface area contributed by atoms with Crippen molar-refractivity contribution in [1.82, 2.24) is 0 Å². The molecule has 1 aromatic heterocycles.